The van der Waals surface area contributed by atoms with E-state index >= 15 is 0 Å². The Hall–Kier alpha value is -1.55. The zero-order valence-electron chi connectivity index (χ0n) is 12.9. The van der Waals surface area contributed by atoms with Gasteiger partial charge < -0.3 is 15.4 Å². The van der Waals surface area contributed by atoms with E-state index in [-0.39, 0.29) is 5.91 Å². The molecule has 116 valence electrons. The predicted octanol–water partition coefficient (Wildman–Crippen LogP) is 2.13. The maximum absolute atomic E-state index is 11.8. The number of rotatable bonds is 8. The SMILES string of the molecule is CCOc1ccc(CCC(=O)NCCC2CCNC2)cc1. The Labute approximate surface area is 127 Å². The second-order valence-corrected chi connectivity index (χ2v) is 5.57. The highest BCUT2D eigenvalue weighted by atomic mass is 16.5. The summed E-state index contributed by atoms with van der Waals surface area (Å²) in [5.74, 6) is 1.77. The summed E-state index contributed by atoms with van der Waals surface area (Å²) in [7, 11) is 0. The van der Waals surface area contributed by atoms with Crippen LogP contribution >= 0.6 is 0 Å². The highest BCUT2D eigenvalue weighted by Crippen LogP contribution is 2.13. The highest BCUT2D eigenvalue weighted by molar-refractivity contribution is 5.76. The minimum atomic E-state index is 0.148. The summed E-state index contributed by atoms with van der Waals surface area (Å²) in [5.41, 5.74) is 1.17. The topological polar surface area (TPSA) is 50.4 Å². The fraction of sp³-hybridized carbons (Fsp3) is 0.588. The molecular weight excluding hydrogens is 264 g/mol. The van der Waals surface area contributed by atoms with Crippen LogP contribution in [0.25, 0.3) is 0 Å². The Morgan fingerprint density at radius 1 is 1.38 bits per heavy atom. The van der Waals surface area contributed by atoms with Crippen LogP contribution in [-0.4, -0.2) is 32.1 Å². The van der Waals surface area contributed by atoms with Crippen LogP contribution in [0.1, 0.15) is 31.7 Å². The van der Waals surface area contributed by atoms with E-state index < -0.39 is 0 Å². The van der Waals surface area contributed by atoms with E-state index in [4.69, 9.17) is 4.74 Å². The minimum Gasteiger partial charge on any atom is -0.494 e. The van der Waals surface area contributed by atoms with Crippen LogP contribution in [0.2, 0.25) is 0 Å². The monoisotopic (exact) mass is 290 g/mol. The molecule has 1 aliphatic rings. The van der Waals surface area contributed by atoms with Gasteiger partial charge in [-0.05, 0) is 62.9 Å². The summed E-state index contributed by atoms with van der Waals surface area (Å²) in [6, 6.07) is 7.98. The number of carbonyl (C=O) groups excluding carboxylic acids is 1. The van der Waals surface area contributed by atoms with Gasteiger partial charge in [0.2, 0.25) is 5.91 Å². The quantitative estimate of drug-likeness (QED) is 0.771. The van der Waals surface area contributed by atoms with Crippen LogP contribution in [0.5, 0.6) is 5.75 Å². The molecule has 1 saturated heterocycles. The van der Waals surface area contributed by atoms with Gasteiger partial charge >= 0.3 is 0 Å². The number of hydrogen-bond acceptors (Lipinski definition) is 3. The van der Waals surface area contributed by atoms with Gasteiger partial charge in [0.25, 0.3) is 0 Å². The third kappa shape index (κ3) is 5.76. The largest absolute Gasteiger partial charge is 0.494 e. The van der Waals surface area contributed by atoms with Gasteiger partial charge in [0.05, 0.1) is 6.61 Å². The van der Waals surface area contributed by atoms with Crippen molar-refractivity contribution in [2.24, 2.45) is 5.92 Å². The predicted molar refractivity (Wildman–Crippen MR) is 84.5 cm³/mol. The second kappa shape index (κ2) is 8.67. The molecule has 1 atom stereocenters. The second-order valence-electron chi connectivity index (χ2n) is 5.57. The number of ether oxygens (including phenoxy) is 1. The van der Waals surface area contributed by atoms with Gasteiger partial charge in [-0.2, -0.15) is 0 Å². The molecule has 2 rings (SSSR count). The van der Waals surface area contributed by atoms with E-state index in [1.54, 1.807) is 0 Å². The molecule has 1 fully saturated rings. The molecule has 0 aromatic heterocycles. The Bertz CT molecular complexity index is 425. The lowest BCUT2D eigenvalue weighted by atomic mass is 10.1. The van der Waals surface area contributed by atoms with Crippen LogP contribution < -0.4 is 15.4 Å². The van der Waals surface area contributed by atoms with Gasteiger partial charge in [-0.25, -0.2) is 0 Å². The lowest BCUT2D eigenvalue weighted by Gasteiger charge is -2.09. The van der Waals surface area contributed by atoms with Gasteiger partial charge in [0.1, 0.15) is 5.75 Å². The van der Waals surface area contributed by atoms with Crippen molar-refractivity contribution >= 4 is 5.91 Å². The third-order valence-corrected chi connectivity index (χ3v) is 3.91. The summed E-state index contributed by atoms with van der Waals surface area (Å²) in [4.78, 5) is 11.8. The van der Waals surface area contributed by atoms with Crippen molar-refractivity contribution < 1.29 is 9.53 Å². The number of nitrogens with one attached hydrogen (secondary N) is 2. The first-order valence-corrected chi connectivity index (χ1v) is 7.97. The van der Waals surface area contributed by atoms with E-state index in [1.165, 1.54) is 12.0 Å². The van der Waals surface area contributed by atoms with Crippen molar-refractivity contribution in [2.75, 3.05) is 26.2 Å². The molecular formula is C17H26N2O2. The Kier molecular flexibility index (Phi) is 6.54. The van der Waals surface area contributed by atoms with Gasteiger partial charge in [-0.15, -0.1) is 0 Å². The molecule has 0 bridgehead atoms. The summed E-state index contributed by atoms with van der Waals surface area (Å²) in [6.45, 7) is 5.67. The number of hydrogen-bond donors (Lipinski definition) is 2. The maximum atomic E-state index is 11.8. The molecule has 4 nitrogen and oxygen atoms in total. The summed E-state index contributed by atoms with van der Waals surface area (Å²) < 4.78 is 5.40. The number of benzene rings is 1. The van der Waals surface area contributed by atoms with E-state index in [0.29, 0.717) is 13.0 Å². The Morgan fingerprint density at radius 2 is 2.19 bits per heavy atom. The summed E-state index contributed by atoms with van der Waals surface area (Å²) in [5, 5.41) is 6.37. The molecule has 0 saturated carbocycles. The maximum Gasteiger partial charge on any atom is 0.220 e. The Balaban J connectivity index is 1.61. The van der Waals surface area contributed by atoms with Crippen LogP contribution in [0.3, 0.4) is 0 Å². The average Bonchev–Trinajstić information content (AvgIpc) is 3.00. The van der Waals surface area contributed by atoms with Gasteiger partial charge in [0, 0.05) is 13.0 Å². The molecule has 0 radical (unpaired) electrons. The number of aryl methyl sites for hydroxylation is 1. The van der Waals surface area contributed by atoms with Crippen molar-refractivity contribution in [1.82, 2.24) is 10.6 Å². The fourth-order valence-corrected chi connectivity index (χ4v) is 2.64. The molecule has 1 amide bonds. The molecule has 0 spiro atoms. The van der Waals surface area contributed by atoms with E-state index in [0.717, 1.165) is 44.1 Å². The number of carbonyl (C=O) groups is 1. The lowest BCUT2D eigenvalue weighted by Crippen LogP contribution is -2.26. The fourth-order valence-electron chi connectivity index (χ4n) is 2.64. The lowest BCUT2D eigenvalue weighted by molar-refractivity contribution is -0.121. The van der Waals surface area contributed by atoms with E-state index in [9.17, 15) is 4.79 Å². The smallest absolute Gasteiger partial charge is 0.220 e. The van der Waals surface area contributed by atoms with Crippen LogP contribution in [0, 0.1) is 5.92 Å². The molecule has 1 heterocycles. The summed E-state index contributed by atoms with van der Waals surface area (Å²) >= 11 is 0. The zero-order valence-corrected chi connectivity index (χ0v) is 12.9. The van der Waals surface area contributed by atoms with Gasteiger partial charge in [-0.3, -0.25) is 4.79 Å². The van der Waals surface area contributed by atoms with Crippen molar-refractivity contribution in [1.29, 1.82) is 0 Å². The van der Waals surface area contributed by atoms with Crippen LogP contribution in [0.4, 0.5) is 0 Å². The van der Waals surface area contributed by atoms with Gasteiger partial charge in [0.15, 0.2) is 0 Å². The average molecular weight is 290 g/mol. The van der Waals surface area contributed by atoms with Crippen LogP contribution in [-0.2, 0) is 11.2 Å². The molecule has 0 aliphatic carbocycles. The molecule has 1 aliphatic heterocycles. The standard InChI is InChI=1S/C17H26N2O2/c1-2-21-16-6-3-14(4-7-16)5-8-17(20)19-12-10-15-9-11-18-13-15/h3-4,6-7,15,18H,2,5,8-13H2,1H3,(H,19,20). The van der Waals surface area contributed by atoms with Crippen molar-refractivity contribution in [3.8, 4) is 5.75 Å². The molecule has 1 unspecified atom stereocenters. The molecule has 1 aromatic carbocycles. The van der Waals surface area contributed by atoms with Crippen molar-refractivity contribution in [3.63, 3.8) is 0 Å². The van der Waals surface area contributed by atoms with Crippen molar-refractivity contribution in [2.45, 2.75) is 32.6 Å². The first-order chi connectivity index (χ1) is 10.3. The molecule has 1 aromatic rings. The first-order valence-electron chi connectivity index (χ1n) is 7.97. The van der Waals surface area contributed by atoms with E-state index in [2.05, 4.69) is 10.6 Å². The minimum absolute atomic E-state index is 0.148. The Morgan fingerprint density at radius 3 is 2.86 bits per heavy atom. The van der Waals surface area contributed by atoms with Crippen molar-refractivity contribution in [3.05, 3.63) is 29.8 Å². The van der Waals surface area contributed by atoms with Crippen LogP contribution in [0.15, 0.2) is 24.3 Å². The third-order valence-electron chi connectivity index (χ3n) is 3.91. The van der Waals surface area contributed by atoms with Gasteiger partial charge in [-0.1, -0.05) is 12.1 Å². The van der Waals surface area contributed by atoms with E-state index in [1.807, 2.05) is 31.2 Å². The number of amides is 1. The molecule has 21 heavy (non-hydrogen) atoms. The molecule has 2 N–H and O–H groups in total. The first kappa shape index (κ1) is 15.8. The molecule has 4 heteroatoms. The highest BCUT2D eigenvalue weighted by Gasteiger charge is 2.13. The normalized spacial score (nSPS) is 17.7. The summed E-state index contributed by atoms with van der Waals surface area (Å²) in [6.07, 6.45) is 3.66. The zero-order chi connectivity index (χ0) is 14.9.